The van der Waals surface area contributed by atoms with E-state index in [-0.39, 0.29) is 18.4 Å². The summed E-state index contributed by atoms with van der Waals surface area (Å²) in [6.07, 6.45) is 0. The summed E-state index contributed by atoms with van der Waals surface area (Å²) in [6.45, 7) is 3.17. The molecule has 20 heavy (non-hydrogen) atoms. The molecule has 0 aliphatic carbocycles. The minimum atomic E-state index is -0.420. The van der Waals surface area contributed by atoms with Crippen molar-refractivity contribution in [3.8, 4) is 0 Å². The molecule has 0 bridgehead atoms. The van der Waals surface area contributed by atoms with E-state index in [9.17, 15) is 9.59 Å². The van der Waals surface area contributed by atoms with Crippen LogP contribution in [0.3, 0.4) is 0 Å². The van der Waals surface area contributed by atoms with E-state index in [1.54, 1.807) is 25.1 Å². The molecule has 2 rings (SSSR count). The molecule has 1 fully saturated rings. The largest absolute Gasteiger partial charge is 0.354 e. The Morgan fingerprint density at radius 3 is 2.90 bits per heavy atom. The summed E-state index contributed by atoms with van der Waals surface area (Å²) in [7, 11) is 0. The predicted molar refractivity (Wildman–Crippen MR) is 79.1 cm³/mol. The molecular weight excluding hydrogens is 301 g/mol. The first-order valence-electron chi connectivity index (χ1n) is 6.24. The summed E-state index contributed by atoms with van der Waals surface area (Å²) >= 11 is 11.9. The van der Waals surface area contributed by atoms with Crippen molar-refractivity contribution in [1.82, 2.24) is 10.2 Å². The fraction of sp³-hybridized carbons (Fsp3) is 0.385. The van der Waals surface area contributed by atoms with Crippen LogP contribution in [0.4, 0.5) is 5.69 Å². The SMILES string of the molecule is C[C@@H](C(=O)Nc1cc(Cl)ccc1Cl)N1CCNC(=O)C1. The molecular formula is C13H15Cl2N3O2. The highest BCUT2D eigenvalue weighted by atomic mass is 35.5. The van der Waals surface area contributed by atoms with Gasteiger partial charge in [-0.1, -0.05) is 23.2 Å². The van der Waals surface area contributed by atoms with Gasteiger partial charge < -0.3 is 10.6 Å². The van der Waals surface area contributed by atoms with Crippen LogP contribution in [0.15, 0.2) is 18.2 Å². The number of piperazine rings is 1. The summed E-state index contributed by atoms with van der Waals surface area (Å²) < 4.78 is 0. The summed E-state index contributed by atoms with van der Waals surface area (Å²) in [6, 6.07) is 4.45. The highest BCUT2D eigenvalue weighted by molar-refractivity contribution is 6.35. The third kappa shape index (κ3) is 3.62. The monoisotopic (exact) mass is 315 g/mol. The summed E-state index contributed by atoms with van der Waals surface area (Å²) in [5.41, 5.74) is 0.470. The molecule has 0 radical (unpaired) electrons. The van der Waals surface area contributed by atoms with Gasteiger partial charge in [0.05, 0.1) is 23.3 Å². The lowest BCUT2D eigenvalue weighted by Crippen LogP contribution is -2.53. The molecule has 1 aliphatic heterocycles. The van der Waals surface area contributed by atoms with E-state index in [1.165, 1.54) is 0 Å². The van der Waals surface area contributed by atoms with E-state index in [2.05, 4.69) is 10.6 Å². The minimum Gasteiger partial charge on any atom is -0.354 e. The second kappa shape index (κ2) is 6.43. The van der Waals surface area contributed by atoms with Gasteiger partial charge in [0.25, 0.3) is 0 Å². The van der Waals surface area contributed by atoms with Crippen molar-refractivity contribution in [3.63, 3.8) is 0 Å². The Bertz CT molecular complexity index is 536. The number of carbonyl (C=O) groups is 2. The van der Waals surface area contributed by atoms with Crippen LogP contribution in [-0.2, 0) is 9.59 Å². The smallest absolute Gasteiger partial charge is 0.241 e. The van der Waals surface area contributed by atoms with Gasteiger partial charge in [0.2, 0.25) is 11.8 Å². The number of hydrogen-bond donors (Lipinski definition) is 2. The standard InChI is InChI=1S/C13H15Cl2N3O2/c1-8(18-5-4-16-12(19)7-18)13(20)17-11-6-9(14)2-3-10(11)15/h2-3,6,8H,4-5,7H2,1H3,(H,16,19)(H,17,20)/t8-/m0/s1. The first-order chi connectivity index (χ1) is 9.47. The molecule has 0 saturated carbocycles. The molecule has 0 aromatic heterocycles. The first kappa shape index (κ1) is 15.1. The van der Waals surface area contributed by atoms with Crippen LogP contribution in [0.2, 0.25) is 10.0 Å². The van der Waals surface area contributed by atoms with Crippen LogP contribution in [0, 0.1) is 0 Å². The Labute approximate surface area is 127 Å². The number of halogens is 2. The van der Waals surface area contributed by atoms with Gasteiger partial charge in [-0.25, -0.2) is 0 Å². The van der Waals surface area contributed by atoms with Crippen LogP contribution in [0.5, 0.6) is 0 Å². The van der Waals surface area contributed by atoms with Gasteiger partial charge in [-0.15, -0.1) is 0 Å². The molecule has 1 heterocycles. The van der Waals surface area contributed by atoms with Crippen LogP contribution >= 0.6 is 23.2 Å². The van der Waals surface area contributed by atoms with Crippen molar-refractivity contribution in [3.05, 3.63) is 28.2 Å². The number of rotatable bonds is 3. The van der Waals surface area contributed by atoms with E-state index in [0.29, 0.717) is 28.8 Å². The van der Waals surface area contributed by atoms with E-state index >= 15 is 0 Å². The van der Waals surface area contributed by atoms with Gasteiger partial charge in [-0.05, 0) is 25.1 Å². The van der Waals surface area contributed by atoms with Gasteiger partial charge in [0.15, 0.2) is 0 Å². The Hall–Kier alpha value is -1.30. The predicted octanol–water partition coefficient (Wildman–Crippen LogP) is 1.75. The van der Waals surface area contributed by atoms with Gasteiger partial charge in [-0.3, -0.25) is 14.5 Å². The fourth-order valence-corrected chi connectivity index (χ4v) is 2.32. The lowest BCUT2D eigenvalue weighted by molar-refractivity contribution is -0.127. The molecule has 1 atom stereocenters. The normalized spacial score (nSPS) is 17.4. The van der Waals surface area contributed by atoms with Crippen LogP contribution in [-0.4, -0.2) is 42.4 Å². The number of hydrogen-bond acceptors (Lipinski definition) is 3. The van der Waals surface area contributed by atoms with E-state index < -0.39 is 6.04 Å². The highest BCUT2D eigenvalue weighted by Gasteiger charge is 2.26. The van der Waals surface area contributed by atoms with Crippen molar-refractivity contribution in [2.75, 3.05) is 25.0 Å². The number of nitrogens with zero attached hydrogens (tertiary/aromatic N) is 1. The average Bonchev–Trinajstić information content (AvgIpc) is 2.42. The second-order valence-corrected chi connectivity index (χ2v) is 5.45. The zero-order chi connectivity index (χ0) is 14.7. The number of carbonyl (C=O) groups excluding carboxylic acids is 2. The molecule has 1 aliphatic rings. The van der Waals surface area contributed by atoms with Crippen molar-refractivity contribution >= 4 is 40.7 Å². The molecule has 1 aromatic carbocycles. The molecule has 2 N–H and O–H groups in total. The number of anilines is 1. The molecule has 2 amide bonds. The van der Waals surface area contributed by atoms with Crippen molar-refractivity contribution in [2.24, 2.45) is 0 Å². The Balaban J connectivity index is 2.03. The maximum atomic E-state index is 12.2. The molecule has 1 saturated heterocycles. The Kier molecular flexibility index (Phi) is 4.86. The van der Waals surface area contributed by atoms with E-state index in [1.807, 2.05) is 4.90 Å². The van der Waals surface area contributed by atoms with Gasteiger partial charge in [0, 0.05) is 18.1 Å². The minimum absolute atomic E-state index is 0.0725. The zero-order valence-electron chi connectivity index (χ0n) is 11.0. The zero-order valence-corrected chi connectivity index (χ0v) is 12.5. The fourth-order valence-electron chi connectivity index (χ4n) is 1.99. The van der Waals surface area contributed by atoms with Crippen molar-refractivity contribution in [1.29, 1.82) is 0 Å². The molecule has 0 spiro atoms. The maximum absolute atomic E-state index is 12.2. The molecule has 108 valence electrons. The van der Waals surface area contributed by atoms with Crippen LogP contribution in [0.25, 0.3) is 0 Å². The van der Waals surface area contributed by atoms with Crippen LogP contribution in [0.1, 0.15) is 6.92 Å². The van der Waals surface area contributed by atoms with Gasteiger partial charge >= 0.3 is 0 Å². The molecule has 5 nitrogen and oxygen atoms in total. The van der Waals surface area contributed by atoms with Crippen molar-refractivity contribution in [2.45, 2.75) is 13.0 Å². The molecule has 1 aromatic rings. The second-order valence-electron chi connectivity index (χ2n) is 4.61. The average molecular weight is 316 g/mol. The highest BCUT2D eigenvalue weighted by Crippen LogP contribution is 2.25. The lowest BCUT2D eigenvalue weighted by atomic mass is 10.2. The third-order valence-corrected chi connectivity index (χ3v) is 3.75. The van der Waals surface area contributed by atoms with Gasteiger partial charge in [0.1, 0.15) is 0 Å². The summed E-state index contributed by atoms with van der Waals surface area (Å²) in [5, 5.41) is 6.37. The first-order valence-corrected chi connectivity index (χ1v) is 6.99. The lowest BCUT2D eigenvalue weighted by Gasteiger charge is -2.31. The number of nitrogens with one attached hydrogen (secondary N) is 2. The Morgan fingerprint density at radius 1 is 1.45 bits per heavy atom. The quantitative estimate of drug-likeness (QED) is 0.893. The molecule has 7 heteroatoms. The van der Waals surface area contributed by atoms with E-state index in [4.69, 9.17) is 23.2 Å². The van der Waals surface area contributed by atoms with Gasteiger partial charge in [-0.2, -0.15) is 0 Å². The Morgan fingerprint density at radius 2 is 2.20 bits per heavy atom. The van der Waals surface area contributed by atoms with Crippen molar-refractivity contribution < 1.29 is 9.59 Å². The third-order valence-electron chi connectivity index (χ3n) is 3.18. The maximum Gasteiger partial charge on any atom is 0.241 e. The number of benzene rings is 1. The topological polar surface area (TPSA) is 61.4 Å². The number of amides is 2. The summed E-state index contributed by atoms with van der Waals surface area (Å²) in [4.78, 5) is 25.3. The van der Waals surface area contributed by atoms with E-state index in [0.717, 1.165) is 0 Å². The summed E-state index contributed by atoms with van der Waals surface area (Å²) in [5.74, 6) is -0.291. The van der Waals surface area contributed by atoms with Crippen LogP contribution < -0.4 is 10.6 Å². The molecule has 0 unspecified atom stereocenters.